The lowest BCUT2D eigenvalue weighted by Crippen LogP contribution is -2.60. The van der Waals surface area contributed by atoms with Crippen molar-refractivity contribution in [2.75, 3.05) is 20.8 Å². The van der Waals surface area contributed by atoms with Crippen LogP contribution in [0.5, 0.6) is 17.2 Å². The zero-order valence-corrected chi connectivity index (χ0v) is 18.0. The van der Waals surface area contributed by atoms with Gasteiger partial charge in [0.2, 0.25) is 12.0 Å². The van der Waals surface area contributed by atoms with Gasteiger partial charge < -0.3 is 44.5 Å². The Morgan fingerprint density at radius 3 is 2.12 bits per heavy atom. The maximum absolute atomic E-state index is 11.8. The van der Waals surface area contributed by atoms with E-state index in [2.05, 4.69) is 0 Å². The molecule has 0 saturated carbocycles. The number of benzene rings is 2. The van der Waals surface area contributed by atoms with E-state index in [1.807, 2.05) is 0 Å². The van der Waals surface area contributed by atoms with Gasteiger partial charge in [-0.2, -0.15) is 0 Å². The zero-order valence-electron chi connectivity index (χ0n) is 18.0. The number of carbonyl (C=O) groups is 1. The average Bonchev–Trinajstić information content (AvgIpc) is 2.83. The maximum Gasteiger partial charge on any atom is 0.336 e. The molecule has 0 amide bonds. The molecule has 0 unspecified atom stereocenters. The van der Waals surface area contributed by atoms with Crippen LogP contribution in [0.25, 0.3) is 11.6 Å². The third-order valence-electron chi connectivity index (χ3n) is 5.19. The van der Waals surface area contributed by atoms with Crippen molar-refractivity contribution in [2.24, 2.45) is 0 Å². The summed E-state index contributed by atoms with van der Waals surface area (Å²) in [6, 6.07) is 11.6. The van der Waals surface area contributed by atoms with Gasteiger partial charge in [0, 0.05) is 0 Å². The standard InChI is InChI=1S/C23H26O10/c1-30-15-9-12(8-14(22(28)29)13-6-4-3-5-7-13)10-16(31-2)21(15)33-23-20(27)19(26)18(25)17(11-24)32-23/h3-10,17-20,23-27H,11H2,1-2H3,(H,28,29)/t17-,18-,19+,20+,23-/m1/s1. The van der Waals surface area contributed by atoms with Crippen molar-refractivity contribution in [3.8, 4) is 17.2 Å². The lowest BCUT2D eigenvalue weighted by Gasteiger charge is -2.39. The van der Waals surface area contributed by atoms with Crippen LogP contribution < -0.4 is 14.2 Å². The Morgan fingerprint density at radius 1 is 1.00 bits per heavy atom. The van der Waals surface area contributed by atoms with E-state index in [9.17, 15) is 30.3 Å². The molecule has 10 heteroatoms. The fourth-order valence-electron chi connectivity index (χ4n) is 3.43. The predicted molar refractivity (Wildman–Crippen MR) is 116 cm³/mol. The molecule has 3 rings (SSSR count). The summed E-state index contributed by atoms with van der Waals surface area (Å²) in [7, 11) is 2.72. The van der Waals surface area contributed by atoms with Crippen molar-refractivity contribution < 1.29 is 49.3 Å². The summed E-state index contributed by atoms with van der Waals surface area (Å²) in [6.07, 6.45) is -5.95. The quantitative estimate of drug-likeness (QED) is 0.277. The molecule has 1 aliphatic heterocycles. The highest BCUT2D eigenvalue weighted by atomic mass is 16.7. The van der Waals surface area contributed by atoms with Crippen LogP contribution in [0.1, 0.15) is 11.1 Å². The molecule has 33 heavy (non-hydrogen) atoms. The first-order valence-corrected chi connectivity index (χ1v) is 10.0. The van der Waals surface area contributed by atoms with Gasteiger partial charge in [-0.25, -0.2) is 4.79 Å². The Morgan fingerprint density at radius 2 is 1.61 bits per heavy atom. The number of aliphatic hydroxyl groups excluding tert-OH is 4. The van der Waals surface area contributed by atoms with Gasteiger partial charge >= 0.3 is 5.97 Å². The highest BCUT2D eigenvalue weighted by Crippen LogP contribution is 2.41. The van der Waals surface area contributed by atoms with Gasteiger partial charge in [0.25, 0.3) is 0 Å². The van der Waals surface area contributed by atoms with E-state index >= 15 is 0 Å². The molecule has 0 bridgehead atoms. The Hall–Kier alpha value is -3.15. The van der Waals surface area contributed by atoms with Crippen molar-refractivity contribution in [3.05, 3.63) is 53.6 Å². The van der Waals surface area contributed by atoms with Gasteiger partial charge in [-0.3, -0.25) is 0 Å². The van der Waals surface area contributed by atoms with Gasteiger partial charge in [-0.05, 0) is 29.3 Å². The van der Waals surface area contributed by atoms with E-state index < -0.39 is 43.3 Å². The topological polar surface area (TPSA) is 155 Å². The van der Waals surface area contributed by atoms with Crippen LogP contribution >= 0.6 is 0 Å². The second-order valence-corrected chi connectivity index (χ2v) is 7.30. The van der Waals surface area contributed by atoms with Crippen LogP contribution in [-0.4, -0.2) is 83.0 Å². The largest absolute Gasteiger partial charge is 0.493 e. The first-order valence-electron chi connectivity index (χ1n) is 10.0. The number of hydrogen-bond acceptors (Lipinski definition) is 9. The van der Waals surface area contributed by atoms with Crippen LogP contribution in [0.3, 0.4) is 0 Å². The molecule has 0 aromatic heterocycles. The summed E-state index contributed by atoms with van der Waals surface area (Å²) in [6.45, 7) is -0.611. The first-order chi connectivity index (χ1) is 15.8. The molecule has 1 saturated heterocycles. The molecule has 5 N–H and O–H groups in total. The van der Waals surface area contributed by atoms with Crippen molar-refractivity contribution in [1.82, 2.24) is 0 Å². The lowest BCUT2D eigenvalue weighted by molar-refractivity contribution is -0.277. The Bertz CT molecular complexity index is 963. The molecule has 1 fully saturated rings. The van der Waals surface area contributed by atoms with Crippen LogP contribution in [0.4, 0.5) is 0 Å². The normalized spacial score (nSPS) is 25.4. The molecule has 1 heterocycles. The molecular formula is C23H26O10. The highest BCUT2D eigenvalue weighted by molar-refractivity contribution is 6.20. The summed E-state index contributed by atoms with van der Waals surface area (Å²) < 4.78 is 21.8. The molecule has 10 nitrogen and oxygen atoms in total. The van der Waals surface area contributed by atoms with Crippen LogP contribution in [0, 0.1) is 0 Å². The minimum absolute atomic E-state index is 0.0121. The minimum Gasteiger partial charge on any atom is -0.493 e. The monoisotopic (exact) mass is 462 g/mol. The zero-order chi connectivity index (χ0) is 24.1. The second kappa shape index (κ2) is 10.6. The summed E-state index contributed by atoms with van der Waals surface area (Å²) >= 11 is 0. The molecule has 2 aromatic carbocycles. The lowest BCUT2D eigenvalue weighted by atomic mass is 9.99. The number of aliphatic carboxylic acids is 1. The number of hydrogen-bond donors (Lipinski definition) is 5. The van der Waals surface area contributed by atoms with E-state index in [-0.39, 0.29) is 22.8 Å². The summed E-state index contributed by atoms with van der Waals surface area (Å²) in [4.78, 5) is 11.8. The van der Waals surface area contributed by atoms with Gasteiger partial charge in [0.15, 0.2) is 11.5 Å². The number of methoxy groups -OCH3 is 2. The average molecular weight is 462 g/mol. The number of carboxylic acids is 1. The van der Waals surface area contributed by atoms with Crippen molar-refractivity contribution in [2.45, 2.75) is 30.7 Å². The van der Waals surface area contributed by atoms with Crippen LogP contribution in [0.15, 0.2) is 42.5 Å². The minimum atomic E-state index is -1.63. The summed E-state index contributed by atoms with van der Waals surface area (Å²) in [5, 5.41) is 49.3. The van der Waals surface area contributed by atoms with Crippen molar-refractivity contribution >= 4 is 17.6 Å². The number of carboxylic acid groups (broad SMARTS) is 1. The number of ether oxygens (including phenoxy) is 4. The molecular weight excluding hydrogens is 436 g/mol. The highest BCUT2D eigenvalue weighted by Gasteiger charge is 2.45. The first kappa shape index (κ1) is 24.5. The molecule has 0 radical (unpaired) electrons. The molecule has 178 valence electrons. The molecule has 5 atom stereocenters. The molecule has 0 aliphatic carbocycles. The van der Waals surface area contributed by atoms with Crippen LogP contribution in [0.2, 0.25) is 0 Å². The fourth-order valence-corrected chi connectivity index (χ4v) is 3.43. The second-order valence-electron chi connectivity index (χ2n) is 7.30. The van der Waals surface area contributed by atoms with Gasteiger partial charge in [0.05, 0.1) is 26.4 Å². The Labute approximate surface area is 189 Å². The summed E-state index contributed by atoms with van der Waals surface area (Å²) in [5.74, 6) is -0.843. The SMILES string of the molecule is COc1cc(C=C(C(=O)O)c2ccccc2)cc(OC)c1O[C@H]1O[C@H](CO)[C@@H](O)[C@H](O)[C@@H]1O. The molecule has 0 spiro atoms. The smallest absolute Gasteiger partial charge is 0.336 e. The fraction of sp³-hybridized carbons (Fsp3) is 0.348. The third kappa shape index (κ3) is 5.27. The van der Waals surface area contributed by atoms with Crippen molar-refractivity contribution in [1.29, 1.82) is 0 Å². The third-order valence-corrected chi connectivity index (χ3v) is 5.19. The number of rotatable bonds is 8. The molecule has 1 aliphatic rings. The maximum atomic E-state index is 11.8. The van der Waals surface area contributed by atoms with E-state index in [0.29, 0.717) is 11.1 Å². The van der Waals surface area contributed by atoms with Gasteiger partial charge in [0.1, 0.15) is 24.4 Å². The molecule has 2 aromatic rings. The van der Waals surface area contributed by atoms with Crippen LogP contribution in [-0.2, 0) is 9.53 Å². The predicted octanol–water partition coefficient (Wildman–Crippen LogP) is 0.508. The van der Waals surface area contributed by atoms with Crippen molar-refractivity contribution in [3.63, 3.8) is 0 Å². The van der Waals surface area contributed by atoms with E-state index in [1.165, 1.54) is 32.4 Å². The van der Waals surface area contributed by atoms with Gasteiger partial charge in [-0.1, -0.05) is 30.3 Å². The van der Waals surface area contributed by atoms with E-state index in [1.54, 1.807) is 30.3 Å². The van der Waals surface area contributed by atoms with Gasteiger partial charge in [-0.15, -0.1) is 0 Å². The number of aliphatic hydroxyl groups is 4. The van der Waals surface area contributed by atoms with E-state index in [4.69, 9.17) is 18.9 Å². The Balaban J connectivity index is 1.99. The van der Waals surface area contributed by atoms with E-state index in [0.717, 1.165) is 0 Å². The summed E-state index contributed by atoms with van der Waals surface area (Å²) in [5.41, 5.74) is 0.984. The Kier molecular flexibility index (Phi) is 7.90.